The zero-order valence-electron chi connectivity index (χ0n) is 11.2. The Morgan fingerprint density at radius 2 is 1.71 bits per heavy atom. The van der Waals surface area contributed by atoms with Crippen LogP contribution in [-0.2, 0) is 11.2 Å². The van der Waals surface area contributed by atoms with Gasteiger partial charge in [0.05, 0.1) is 6.42 Å². The van der Waals surface area contributed by atoms with Crippen molar-refractivity contribution in [3.05, 3.63) is 35.6 Å². The number of amides is 1. The first-order chi connectivity index (χ1) is 9.71. The average molecular weight is 305 g/mol. The van der Waals surface area contributed by atoms with E-state index in [-0.39, 0.29) is 25.4 Å². The number of carbonyl (C=O) groups is 1. The van der Waals surface area contributed by atoms with Gasteiger partial charge in [-0.3, -0.25) is 4.79 Å². The molecular weight excluding hydrogens is 290 g/mol. The number of aliphatic hydroxyl groups is 1. The number of halogens is 4. The van der Waals surface area contributed by atoms with E-state index in [0.29, 0.717) is 5.56 Å². The van der Waals surface area contributed by atoms with Gasteiger partial charge in [0.25, 0.3) is 0 Å². The van der Waals surface area contributed by atoms with Crippen LogP contribution in [0.2, 0.25) is 0 Å². The van der Waals surface area contributed by atoms with E-state index in [1.807, 2.05) is 0 Å². The van der Waals surface area contributed by atoms with Gasteiger partial charge in [0.2, 0.25) is 5.91 Å². The quantitative estimate of drug-likeness (QED) is 0.852. The topological polar surface area (TPSA) is 40.5 Å². The van der Waals surface area contributed by atoms with Gasteiger partial charge in [0, 0.05) is 25.9 Å². The lowest BCUT2D eigenvalue weighted by atomic mass is 9.90. The molecule has 21 heavy (non-hydrogen) atoms. The summed E-state index contributed by atoms with van der Waals surface area (Å²) >= 11 is 0. The molecule has 1 saturated heterocycles. The lowest BCUT2D eigenvalue weighted by molar-refractivity contribution is -0.272. The molecule has 1 amide bonds. The Hall–Kier alpha value is -1.63. The maximum atomic E-state index is 12.7. The fourth-order valence-electron chi connectivity index (χ4n) is 2.30. The molecule has 0 unspecified atom stereocenters. The second kappa shape index (κ2) is 5.63. The third-order valence-corrected chi connectivity index (χ3v) is 3.74. The Morgan fingerprint density at radius 1 is 1.19 bits per heavy atom. The Kier molecular flexibility index (Phi) is 4.22. The van der Waals surface area contributed by atoms with Crippen molar-refractivity contribution in [3.63, 3.8) is 0 Å². The number of carbonyl (C=O) groups excluding carboxylic acids is 1. The molecule has 1 fully saturated rings. The minimum atomic E-state index is -4.68. The summed E-state index contributed by atoms with van der Waals surface area (Å²) in [6.45, 7) is -0.286. The Balaban J connectivity index is 1.93. The summed E-state index contributed by atoms with van der Waals surface area (Å²) in [5.74, 6) is -0.745. The number of hydrogen-bond donors (Lipinski definition) is 1. The van der Waals surface area contributed by atoms with Crippen LogP contribution in [0.25, 0.3) is 0 Å². The van der Waals surface area contributed by atoms with E-state index < -0.39 is 30.4 Å². The van der Waals surface area contributed by atoms with Crippen LogP contribution in [0.1, 0.15) is 18.4 Å². The Labute approximate surface area is 119 Å². The number of benzene rings is 1. The van der Waals surface area contributed by atoms with Crippen molar-refractivity contribution in [2.45, 2.75) is 31.0 Å². The highest BCUT2D eigenvalue weighted by Gasteiger charge is 2.54. The largest absolute Gasteiger partial charge is 0.417 e. The summed E-state index contributed by atoms with van der Waals surface area (Å²) < 4.78 is 50.7. The van der Waals surface area contributed by atoms with Crippen LogP contribution in [0.4, 0.5) is 17.6 Å². The standard InChI is InChI=1S/C14H15F4NO2/c15-11-3-1-10(2-4-11)9-12(20)19-7-5-13(21,6-8-19)14(16,17)18/h1-4,21H,5-9H2. The van der Waals surface area contributed by atoms with Gasteiger partial charge in [0.1, 0.15) is 5.82 Å². The second-order valence-electron chi connectivity index (χ2n) is 5.21. The van der Waals surface area contributed by atoms with Gasteiger partial charge in [0.15, 0.2) is 5.60 Å². The highest BCUT2D eigenvalue weighted by Crippen LogP contribution is 2.38. The van der Waals surface area contributed by atoms with E-state index in [0.717, 1.165) is 0 Å². The molecule has 116 valence electrons. The fraction of sp³-hybridized carbons (Fsp3) is 0.500. The molecule has 0 aliphatic carbocycles. The minimum absolute atomic E-state index is 0.00469. The van der Waals surface area contributed by atoms with E-state index in [1.165, 1.54) is 29.2 Å². The Bertz CT molecular complexity index is 505. The third kappa shape index (κ3) is 3.53. The van der Waals surface area contributed by atoms with Crippen LogP contribution < -0.4 is 0 Å². The molecular formula is C14H15F4NO2. The van der Waals surface area contributed by atoms with Crippen molar-refractivity contribution in [2.75, 3.05) is 13.1 Å². The number of rotatable bonds is 2. The fourth-order valence-corrected chi connectivity index (χ4v) is 2.30. The molecule has 1 heterocycles. The van der Waals surface area contributed by atoms with Gasteiger partial charge < -0.3 is 10.0 Å². The minimum Gasteiger partial charge on any atom is -0.380 e. The summed E-state index contributed by atoms with van der Waals surface area (Å²) in [7, 11) is 0. The van der Waals surface area contributed by atoms with Crippen molar-refractivity contribution in [2.24, 2.45) is 0 Å². The van der Waals surface area contributed by atoms with Crippen LogP contribution in [-0.4, -0.2) is 40.8 Å². The first-order valence-corrected chi connectivity index (χ1v) is 6.53. The van der Waals surface area contributed by atoms with E-state index in [4.69, 9.17) is 0 Å². The first-order valence-electron chi connectivity index (χ1n) is 6.53. The van der Waals surface area contributed by atoms with E-state index in [1.54, 1.807) is 0 Å². The summed E-state index contributed by atoms with van der Waals surface area (Å²) in [6, 6.07) is 5.37. The van der Waals surface area contributed by atoms with E-state index in [2.05, 4.69) is 0 Å². The molecule has 2 rings (SSSR count). The summed E-state index contributed by atoms with van der Waals surface area (Å²) in [5.41, 5.74) is -2.11. The average Bonchev–Trinajstić information content (AvgIpc) is 2.41. The molecule has 0 radical (unpaired) electrons. The van der Waals surface area contributed by atoms with Crippen LogP contribution in [0.15, 0.2) is 24.3 Å². The summed E-state index contributed by atoms with van der Waals surface area (Å²) in [5, 5.41) is 9.52. The molecule has 7 heteroatoms. The number of nitrogens with zero attached hydrogens (tertiary/aromatic N) is 1. The van der Waals surface area contributed by atoms with Gasteiger partial charge >= 0.3 is 6.18 Å². The summed E-state index contributed by atoms with van der Waals surface area (Å²) in [6.07, 6.45) is -5.72. The lowest BCUT2D eigenvalue weighted by Gasteiger charge is -2.39. The van der Waals surface area contributed by atoms with Crippen molar-refractivity contribution in [1.29, 1.82) is 0 Å². The SMILES string of the molecule is O=C(Cc1ccc(F)cc1)N1CCC(O)(C(F)(F)F)CC1. The van der Waals surface area contributed by atoms with Crippen molar-refractivity contribution in [1.82, 2.24) is 4.90 Å². The van der Waals surface area contributed by atoms with Gasteiger partial charge in [-0.1, -0.05) is 12.1 Å². The maximum absolute atomic E-state index is 12.7. The van der Waals surface area contributed by atoms with Gasteiger partial charge in [-0.15, -0.1) is 0 Å². The molecule has 0 saturated carbocycles. The summed E-state index contributed by atoms with van der Waals surface area (Å²) in [4.78, 5) is 13.3. The normalized spacial score (nSPS) is 18.6. The molecule has 0 aromatic heterocycles. The van der Waals surface area contributed by atoms with Gasteiger partial charge in [-0.25, -0.2) is 4.39 Å². The van der Waals surface area contributed by atoms with Crippen LogP contribution in [0.5, 0.6) is 0 Å². The molecule has 0 atom stereocenters. The number of hydrogen-bond acceptors (Lipinski definition) is 2. The first kappa shape index (κ1) is 15.8. The second-order valence-corrected chi connectivity index (χ2v) is 5.21. The zero-order valence-corrected chi connectivity index (χ0v) is 11.2. The molecule has 1 aromatic carbocycles. The molecule has 0 spiro atoms. The Morgan fingerprint density at radius 3 is 2.19 bits per heavy atom. The van der Waals surface area contributed by atoms with Crippen LogP contribution >= 0.6 is 0 Å². The molecule has 3 nitrogen and oxygen atoms in total. The van der Waals surface area contributed by atoms with Gasteiger partial charge in [-0.05, 0) is 17.7 Å². The number of alkyl halides is 3. The molecule has 0 bridgehead atoms. The van der Waals surface area contributed by atoms with Gasteiger partial charge in [-0.2, -0.15) is 13.2 Å². The van der Waals surface area contributed by atoms with E-state index in [9.17, 15) is 27.5 Å². The smallest absolute Gasteiger partial charge is 0.380 e. The molecule has 1 aliphatic heterocycles. The monoisotopic (exact) mass is 305 g/mol. The van der Waals surface area contributed by atoms with Crippen LogP contribution in [0, 0.1) is 5.82 Å². The van der Waals surface area contributed by atoms with Crippen molar-refractivity contribution >= 4 is 5.91 Å². The molecule has 1 N–H and O–H groups in total. The van der Waals surface area contributed by atoms with Crippen molar-refractivity contribution in [3.8, 4) is 0 Å². The van der Waals surface area contributed by atoms with Crippen LogP contribution in [0.3, 0.4) is 0 Å². The molecule has 1 aromatic rings. The predicted octanol–water partition coefficient (Wildman–Crippen LogP) is 2.28. The maximum Gasteiger partial charge on any atom is 0.417 e. The zero-order chi connectivity index (χ0) is 15.7. The highest BCUT2D eigenvalue weighted by molar-refractivity contribution is 5.78. The lowest BCUT2D eigenvalue weighted by Crippen LogP contribution is -2.54. The third-order valence-electron chi connectivity index (χ3n) is 3.74. The number of likely N-dealkylation sites (tertiary alicyclic amines) is 1. The highest BCUT2D eigenvalue weighted by atomic mass is 19.4. The number of piperidine rings is 1. The predicted molar refractivity (Wildman–Crippen MR) is 66.9 cm³/mol. The molecule has 1 aliphatic rings. The van der Waals surface area contributed by atoms with Crippen molar-refractivity contribution < 1.29 is 27.5 Å². The van der Waals surface area contributed by atoms with E-state index >= 15 is 0 Å².